The van der Waals surface area contributed by atoms with Gasteiger partial charge in [-0.2, -0.15) is 8.42 Å². The zero-order valence-corrected chi connectivity index (χ0v) is 22.4. The second-order valence-electron chi connectivity index (χ2n) is 8.90. The number of carboxylic acids is 1. The third-order valence-corrected chi connectivity index (χ3v) is 7.96. The van der Waals surface area contributed by atoms with Crippen LogP contribution in [0.5, 0.6) is 23.0 Å². The van der Waals surface area contributed by atoms with Crippen molar-refractivity contribution in [3.05, 3.63) is 82.3 Å². The third-order valence-electron chi connectivity index (χ3n) is 6.70. The van der Waals surface area contributed by atoms with Gasteiger partial charge in [-0.1, -0.05) is 24.8 Å². The summed E-state index contributed by atoms with van der Waals surface area (Å²) in [6, 6.07) is 7.38. The van der Waals surface area contributed by atoms with Crippen LogP contribution >= 0.6 is 0 Å². The predicted molar refractivity (Wildman–Crippen MR) is 142 cm³/mol. The van der Waals surface area contributed by atoms with Crippen LogP contribution in [0, 0.1) is 0 Å². The van der Waals surface area contributed by atoms with Crippen LogP contribution in [0.15, 0.2) is 60.1 Å². The smallest absolute Gasteiger partial charge is 0.341 e. The summed E-state index contributed by atoms with van der Waals surface area (Å²) in [5.41, 5.74) is 3.81. The molecular formula is C28H31NO8S. The Bertz CT molecular complexity index is 1410. The van der Waals surface area contributed by atoms with E-state index in [0.717, 1.165) is 35.2 Å². The number of carbonyl (C=O) groups is 1. The Balaban J connectivity index is 1.73. The van der Waals surface area contributed by atoms with Crippen molar-refractivity contribution in [3.63, 3.8) is 0 Å². The van der Waals surface area contributed by atoms with E-state index in [2.05, 4.69) is 11.5 Å². The van der Waals surface area contributed by atoms with Crippen LogP contribution in [0.4, 0.5) is 0 Å². The molecule has 1 N–H and O–H groups in total. The molecule has 9 nitrogen and oxygen atoms in total. The average molecular weight is 542 g/mol. The highest BCUT2D eigenvalue weighted by atomic mass is 32.2. The lowest BCUT2D eigenvalue weighted by Crippen LogP contribution is -2.39. The van der Waals surface area contributed by atoms with Gasteiger partial charge in [-0.25, -0.2) is 4.79 Å². The molecule has 2 heterocycles. The van der Waals surface area contributed by atoms with Crippen molar-refractivity contribution in [2.24, 2.45) is 0 Å². The van der Waals surface area contributed by atoms with Gasteiger partial charge in [-0.3, -0.25) is 4.90 Å². The first-order valence-electron chi connectivity index (χ1n) is 12.1. The number of nitrogens with zero attached hydrogens (tertiary/aromatic N) is 1. The standard InChI is InChI=1S/C28H31NO8S/c1-5-7-8-20(6-2)38(32,33)37-28-22-16-29-12-11-19-14-25(35-4)26(36-17-27(30)31)15-21(19)23(29)13-18(22)9-10-24(28)34-3/h5-10,14-15,23H,2,11-13,16-17H2,1,3-4H3,(H,30,31)/b7-5-,20-8+. The summed E-state index contributed by atoms with van der Waals surface area (Å²) in [5.74, 6) is 0.282. The first-order chi connectivity index (χ1) is 18.2. The zero-order chi connectivity index (χ0) is 27.4. The first kappa shape index (κ1) is 27.3. The summed E-state index contributed by atoms with van der Waals surface area (Å²) in [6.07, 6.45) is 7.33. The van der Waals surface area contributed by atoms with E-state index in [1.54, 1.807) is 25.1 Å². The molecule has 2 aromatic carbocycles. The highest BCUT2D eigenvalue weighted by Gasteiger charge is 2.36. The Morgan fingerprint density at radius 2 is 1.92 bits per heavy atom. The fraction of sp³-hybridized carbons (Fsp3) is 0.321. The number of carboxylic acid groups (broad SMARTS) is 1. The van der Waals surface area contributed by atoms with Crippen molar-refractivity contribution in [1.29, 1.82) is 0 Å². The topological polar surface area (TPSA) is 112 Å². The average Bonchev–Trinajstić information content (AvgIpc) is 2.90. The highest BCUT2D eigenvalue weighted by molar-refractivity contribution is 7.91. The molecule has 0 saturated carbocycles. The van der Waals surface area contributed by atoms with Crippen LogP contribution in [0.1, 0.15) is 35.2 Å². The summed E-state index contributed by atoms with van der Waals surface area (Å²) < 4.78 is 48.3. The van der Waals surface area contributed by atoms with Gasteiger partial charge in [-0.15, -0.1) is 0 Å². The number of hydrogen-bond acceptors (Lipinski definition) is 8. The van der Waals surface area contributed by atoms with E-state index in [-0.39, 0.29) is 16.7 Å². The second kappa shape index (κ2) is 11.3. The summed E-state index contributed by atoms with van der Waals surface area (Å²) >= 11 is 0. The molecule has 0 bridgehead atoms. The molecule has 2 aliphatic heterocycles. The van der Waals surface area contributed by atoms with Crippen molar-refractivity contribution in [2.75, 3.05) is 27.4 Å². The monoisotopic (exact) mass is 541 g/mol. The molecule has 2 aromatic rings. The van der Waals surface area contributed by atoms with Crippen LogP contribution in [0.2, 0.25) is 0 Å². The van der Waals surface area contributed by atoms with Gasteiger partial charge in [0.15, 0.2) is 29.6 Å². The lowest BCUT2D eigenvalue weighted by molar-refractivity contribution is -0.139. The fourth-order valence-corrected chi connectivity index (χ4v) is 5.83. The van der Waals surface area contributed by atoms with E-state index in [9.17, 15) is 13.2 Å². The van der Waals surface area contributed by atoms with E-state index >= 15 is 0 Å². The van der Waals surface area contributed by atoms with Gasteiger partial charge in [0.25, 0.3) is 0 Å². The molecule has 1 atom stereocenters. The Morgan fingerprint density at radius 1 is 1.16 bits per heavy atom. The SMILES string of the molecule is C=C/C(=C\C=C/C)S(=O)(=O)Oc1c(OC)ccc2c1CN1CCc3cc(OC)c(OCC(=O)O)cc3C1C2. The van der Waals surface area contributed by atoms with Crippen LogP contribution in [-0.2, 0) is 34.3 Å². The minimum atomic E-state index is -4.15. The Hall–Kier alpha value is -3.76. The number of benzene rings is 2. The Kier molecular flexibility index (Phi) is 8.13. The number of ether oxygens (including phenoxy) is 3. The molecule has 10 heteroatoms. The second-order valence-corrected chi connectivity index (χ2v) is 10.4. The minimum absolute atomic E-state index is 0.0134. The van der Waals surface area contributed by atoms with Crippen molar-refractivity contribution in [2.45, 2.75) is 32.4 Å². The van der Waals surface area contributed by atoms with Crippen molar-refractivity contribution in [3.8, 4) is 23.0 Å². The summed E-state index contributed by atoms with van der Waals surface area (Å²) in [5, 5.41) is 9.06. The number of hydrogen-bond donors (Lipinski definition) is 1. The van der Waals surface area contributed by atoms with Crippen LogP contribution in [0.3, 0.4) is 0 Å². The van der Waals surface area contributed by atoms with Gasteiger partial charge in [-0.05, 0) is 66.8 Å². The molecule has 38 heavy (non-hydrogen) atoms. The largest absolute Gasteiger partial charge is 0.493 e. The van der Waals surface area contributed by atoms with Crippen molar-refractivity contribution >= 4 is 16.1 Å². The van der Waals surface area contributed by atoms with Gasteiger partial charge in [0.05, 0.1) is 14.2 Å². The van der Waals surface area contributed by atoms with Crippen LogP contribution in [-0.4, -0.2) is 51.8 Å². The lowest BCUT2D eigenvalue weighted by Gasteiger charge is -2.42. The van der Waals surface area contributed by atoms with E-state index in [1.165, 1.54) is 26.4 Å². The van der Waals surface area contributed by atoms with Crippen LogP contribution in [0.25, 0.3) is 0 Å². The molecule has 1 unspecified atom stereocenters. The van der Waals surface area contributed by atoms with Gasteiger partial charge in [0.2, 0.25) is 0 Å². The summed E-state index contributed by atoms with van der Waals surface area (Å²) in [6.45, 7) is 6.10. The molecule has 0 aliphatic carbocycles. The van der Waals surface area contributed by atoms with Gasteiger partial charge in [0.1, 0.15) is 4.91 Å². The number of methoxy groups -OCH3 is 2. The summed E-state index contributed by atoms with van der Waals surface area (Å²) in [4.78, 5) is 13.3. The molecule has 0 fully saturated rings. The lowest BCUT2D eigenvalue weighted by atomic mass is 9.83. The maximum atomic E-state index is 13.1. The molecule has 0 saturated heterocycles. The number of rotatable bonds is 10. The third kappa shape index (κ3) is 5.41. The van der Waals surface area contributed by atoms with Crippen LogP contribution < -0.4 is 18.4 Å². The molecule has 0 spiro atoms. The Morgan fingerprint density at radius 3 is 2.58 bits per heavy atom. The normalized spacial score (nSPS) is 17.2. The van der Waals surface area contributed by atoms with Gasteiger partial charge < -0.3 is 23.5 Å². The van der Waals surface area contributed by atoms with Gasteiger partial charge >= 0.3 is 16.1 Å². The molecule has 0 radical (unpaired) electrons. The van der Waals surface area contributed by atoms with Crippen molar-refractivity contribution < 1.29 is 36.7 Å². The van der Waals surface area contributed by atoms with E-state index in [4.69, 9.17) is 23.5 Å². The van der Waals surface area contributed by atoms with E-state index < -0.39 is 22.7 Å². The number of allylic oxidation sites excluding steroid dienone is 4. The van der Waals surface area contributed by atoms with Crippen molar-refractivity contribution in [1.82, 2.24) is 4.90 Å². The first-order valence-corrected chi connectivity index (χ1v) is 13.5. The molecular weight excluding hydrogens is 510 g/mol. The maximum Gasteiger partial charge on any atom is 0.341 e. The maximum absolute atomic E-state index is 13.1. The fourth-order valence-electron chi connectivity index (χ4n) is 4.88. The van der Waals surface area contributed by atoms with E-state index in [0.29, 0.717) is 30.2 Å². The number of aliphatic carboxylic acids is 1. The quantitative estimate of drug-likeness (QED) is 0.350. The predicted octanol–water partition coefficient (Wildman–Crippen LogP) is 4.18. The van der Waals surface area contributed by atoms with E-state index in [1.807, 2.05) is 18.2 Å². The Labute approximate surface area is 222 Å². The minimum Gasteiger partial charge on any atom is -0.493 e. The summed E-state index contributed by atoms with van der Waals surface area (Å²) in [7, 11) is -1.16. The molecule has 4 rings (SSSR count). The number of fused-ring (bicyclic) bond motifs is 4. The zero-order valence-electron chi connectivity index (χ0n) is 21.6. The molecule has 0 amide bonds. The molecule has 202 valence electrons. The molecule has 2 aliphatic rings. The highest BCUT2D eigenvalue weighted by Crippen LogP contribution is 2.46. The van der Waals surface area contributed by atoms with Gasteiger partial charge in [0, 0.05) is 24.7 Å². The molecule has 0 aromatic heterocycles.